The number of anilines is 1. The van der Waals surface area contributed by atoms with E-state index in [9.17, 15) is 9.59 Å². The van der Waals surface area contributed by atoms with Crippen molar-refractivity contribution in [2.24, 2.45) is 0 Å². The van der Waals surface area contributed by atoms with Crippen LogP contribution in [0.4, 0.5) is 5.13 Å². The molecule has 4 aromatic rings. The highest BCUT2D eigenvalue weighted by atomic mass is 32.1. The maximum absolute atomic E-state index is 13.0. The lowest BCUT2D eigenvalue weighted by Crippen LogP contribution is -2.34. The van der Waals surface area contributed by atoms with Crippen molar-refractivity contribution >= 4 is 33.3 Å². The number of aromatic nitrogens is 3. The number of carbonyl (C=O) groups is 1. The quantitative estimate of drug-likeness (QED) is 0.605. The van der Waals surface area contributed by atoms with Gasteiger partial charge >= 0.3 is 0 Å². The van der Waals surface area contributed by atoms with Gasteiger partial charge in [-0.3, -0.25) is 19.5 Å². The highest BCUT2D eigenvalue weighted by Gasteiger charge is 2.25. The molecule has 0 aliphatic heterocycles. The molecule has 0 saturated carbocycles. The molecule has 0 aliphatic carbocycles. The van der Waals surface area contributed by atoms with Gasteiger partial charge in [-0.2, -0.15) is 0 Å². The molecular formula is C19H14N4O2S. The zero-order valence-corrected chi connectivity index (χ0v) is 14.4. The van der Waals surface area contributed by atoms with E-state index in [4.69, 9.17) is 0 Å². The smallest absolute Gasteiger partial charge is 0.262 e. The summed E-state index contributed by atoms with van der Waals surface area (Å²) in [6, 6.07) is 15.4. The van der Waals surface area contributed by atoms with Gasteiger partial charge < -0.3 is 0 Å². The minimum Gasteiger partial charge on any atom is -0.300 e. The number of para-hydroxylation sites is 1. The average Bonchev–Trinajstić information content (AvgIpc) is 3.18. The van der Waals surface area contributed by atoms with Gasteiger partial charge in [-0.1, -0.05) is 42.5 Å². The monoisotopic (exact) mass is 362 g/mol. The summed E-state index contributed by atoms with van der Waals surface area (Å²) < 4.78 is 1.36. The third-order valence-corrected chi connectivity index (χ3v) is 4.68. The second-order valence-corrected chi connectivity index (χ2v) is 6.51. The van der Waals surface area contributed by atoms with Crippen LogP contribution in [0.5, 0.6) is 0 Å². The number of hydrogen-bond donors (Lipinski definition) is 1. The van der Waals surface area contributed by atoms with E-state index >= 15 is 0 Å². The van der Waals surface area contributed by atoms with Crippen molar-refractivity contribution in [1.29, 1.82) is 0 Å². The van der Waals surface area contributed by atoms with Crippen LogP contribution in [-0.2, 0) is 4.79 Å². The van der Waals surface area contributed by atoms with Crippen LogP contribution >= 0.6 is 11.3 Å². The molecule has 1 amide bonds. The van der Waals surface area contributed by atoms with Crippen LogP contribution in [0.15, 0.2) is 77.3 Å². The Hall–Kier alpha value is -3.32. The molecule has 1 unspecified atom stereocenters. The molecule has 2 aromatic carbocycles. The number of rotatable bonds is 4. The first-order valence-electron chi connectivity index (χ1n) is 7.95. The van der Waals surface area contributed by atoms with Crippen LogP contribution in [0.1, 0.15) is 11.6 Å². The van der Waals surface area contributed by atoms with Crippen LogP contribution in [0, 0.1) is 0 Å². The maximum atomic E-state index is 13.0. The number of fused-ring (bicyclic) bond motifs is 1. The first-order valence-corrected chi connectivity index (χ1v) is 8.83. The summed E-state index contributed by atoms with van der Waals surface area (Å²) in [7, 11) is 0. The number of benzene rings is 2. The summed E-state index contributed by atoms with van der Waals surface area (Å²) in [5.74, 6) is -0.342. The molecule has 1 atom stereocenters. The SMILES string of the molecule is O=C(Nc1nccs1)C(c1ccccc1)n1cnc2ccccc2c1=O. The van der Waals surface area contributed by atoms with Gasteiger partial charge in [-0.25, -0.2) is 9.97 Å². The maximum Gasteiger partial charge on any atom is 0.262 e. The molecule has 0 saturated heterocycles. The standard InChI is InChI=1S/C19H14N4O2S/c24-17(22-19-20-10-11-26-19)16(13-6-2-1-3-7-13)23-12-21-15-9-5-4-8-14(15)18(23)25/h1-12,16H,(H,20,22,24). The lowest BCUT2D eigenvalue weighted by Gasteiger charge is -2.19. The van der Waals surface area contributed by atoms with Crippen LogP contribution in [0.3, 0.4) is 0 Å². The normalized spacial score (nSPS) is 12.0. The van der Waals surface area contributed by atoms with Gasteiger partial charge in [0.2, 0.25) is 0 Å². The Morgan fingerprint density at radius 1 is 1.04 bits per heavy atom. The zero-order valence-electron chi connectivity index (χ0n) is 13.6. The van der Waals surface area contributed by atoms with Crippen LogP contribution in [0.25, 0.3) is 10.9 Å². The number of carbonyl (C=O) groups excluding carboxylic acids is 1. The molecule has 0 radical (unpaired) electrons. The Morgan fingerprint density at radius 2 is 1.81 bits per heavy atom. The van der Waals surface area contributed by atoms with Crippen molar-refractivity contribution in [3.8, 4) is 0 Å². The Bertz CT molecular complexity index is 1110. The molecule has 2 aromatic heterocycles. The Labute approximate surface area is 152 Å². The summed E-state index contributed by atoms with van der Waals surface area (Å²) in [6.45, 7) is 0. The number of amides is 1. The molecule has 0 aliphatic rings. The summed E-state index contributed by atoms with van der Waals surface area (Å²) in [4.78, 5) is 34.4. The topological polar surface area (TPSA) is 76.9 Å². The summed E-state index contributed by atoms with van der Waals surface area (Å²) in [5.41, 5.74) is 1.03. The largest absolute Gasteiger partial charge is 0.300 e. The molecule has 2 heterocycles. The predicted octanol–water partition coefficient (Wildman–Crippen LogP) is 3.08. The zero-order chi connectivity index (χ0) is 17.9. The van der Waals surface area contributed by atoms with Crippen molar-refractivity contribution in [3.63, 3.8) is 0 Å². The van der Waals surface area contributed by atoms with E-state index in [-0.39, 0.29) is 11.5 Å². The van der Waals surface area contributed by atoms with Crippen molar-refractivity contribution in [3.05, 3.63) is 88.4 Å². The second kappa shape index (κ2) is 6.89. The Balaban J connectivity index is 1.84. The minimum absolute atomic E-state index is 0.265. The van der Waals surface area contributed by atoms with Crippen molar-refractivity contribution in [2.45, 2.75) is 6.04 Å². The molecule has 26 heavy (non-hydrogen) atoms. The molecule has 4 rings (SSSR count). The fourth-order valence-corrected chi connectivity index (χ4v) is 3.33. The van der Waals surface area contributed by atoms with Crippen molar-refractivity contribution in [2.75, 3.05) is 5.32 Å². The molecular weight excluding hydrogens is 348 g/mol. The average molecular weight is 362 g/mol. The van der Waals surface area contributed by atoms with E-state index in [0.29, 0.717) is 21.6 Å². The minimum atomic E-state index is -0.843. The lowest BCUT2D eigenvalue weighted by atomic mass is 10.1. The van der Waals surface area contributed by atoms with E-state index in [1.54, 1.807) is 29.8 Å². The number of hydrogen-bond acceptors (Lipinski definition) is 5. The van der Waals surface area contributed by atoms with Gasteiger partial charge in [0.25, 0.3) is 11.5 Å². The molecule has 0 bridgehead atoms. The molecule has 1 N–H and O–H groups in total. The summed E-state index contributed by atoms with van der Waals surface area (Å²) in [5, 5.41) is 5.50. The van der Waals surface area contributed by atoms with Gasteiger partial charge in [-0.05, 0) is 17.7 Å². The number of thiazole rings is 1. The van der Waals surface area contributed by atoms with E-state index in [1.165, 1.54) is 22.2 Å². The van der Waals surface area contributed by atoms with Gasteiger partial charge in [0.15, 0.2) is 5.13 Å². The third kappa shape index (κ3) is 3.00. The summed E-state index contributed by atoms with van der Waals surface area (Å²) >= 11 is 1.32. The Kier molecular flexibility index (Phi) is 4.28. The molecule has 0 fully saturated rings. The van der Waals surface area contributed by atoms with Crippen molar-refractivity contribution < 1.29 is 4.79 Å². The molecule has 6 nitrogen and oxygen atoms in total. The highest BCUT2D eigenvalue weighted by Crippen LogP contribution is 2.21. The van der Waals surface area contributed by atoms with E-state index in [2.05, 4.69) is 15.3 Å². The molecule has 7 heteroatoms. The first kappa shape index (κ1) is 16.2. The molecule has 128 valence electrons. The van der Waals surface area contributed by atoms with Crippen LogP contribution in [-0.4, -0.2) is 20.4 Å². The van der Waals surface area contributed by atoms with E-state index in [0.717, 1.165) is 0 Å². The van der Waals surface area contributed by atoms with Gasteiger partial charge in [-0.15, -0.1) is 11.3 Å². The van der Waals surface area contributed by atoms with Gasteiger partial charge in [0, 0.05) is 11.6 Å². The van der Waals surface area contributed by atoms with Gasteiger partial charge in [0.05, 0.1) is 17.2 Å². The first-order chi connectivity index (χ1) is 12.7. The predicted molar refractivity (Wildman–Crippen MR) is 101 cm³/mol. The van der Waals surface area contributed by atoms with Crippen LogP contribution < -0.4 is 10.9 Å². The van der Waals surface area contributed by atoms with E-state index in [1.807, 2.05) is 36.4 Å². The number of nitrogens with one attached hydrogen (secondary N) is 1. The molecule has 0 spiro atoms. The highest BCUT2D eigenvalue weighted by molar-refractivity contribution is 7.13. The fourth-order valence-electron chi connectivity index (χ4n) is 2.80. The second-order valence-electron chi connectivity index (χ2n) is 5.61. The summed E-state index contributed by atoms with van der Waals surface area (Å²) in [6.07, 6.45) is 3.03. The van der Waals surface area contributed by atoms with Gasteiger partial charge in [0.1, 0.15) is 6.04 Å². The fraction of sp³-hybridized carbons (Fsp3) is 0.0526. The Morgan fingerprint density at radius 3 is 2.58 bits per heavy atom. The van der Waals surface area contributed by atoms with Crippen molar-refractivity contribution in [1.82, 2.24) is 14.5 Å². The third-order valence-electron chi connectivity index (χ3n) is 3.99. The van der Waals surface area contributed by atoms with E-state index < -0.39 is 6.04 Å². The van der Waals surface area contributed by atoms with Crippen LogP contribution in [0.2, 0.25) is 0 Å². The number of nitrogens with zero attached hydrogens (tertiary/aromatic N) is 3. The lowest BCUT2D eigenvalue weighted by molar-refractivity contribution is -0.118.